The molecule has 1 amide bonds. The van der Waals surface area contributed by atoms with Crippen molar-refractivity contribution in [1.29, 1.82) is 0 Å². The van der Waals surface area contributed by atoms with Crippen LogP contribution in [0.1, 0.15) is 17.5 Å². The van der Waals surface area contributed by atoms with Crippen molar-refractivity contribution >= 4 is 5.91 Å². The summed E-state index contributed by atoms with van der Waals surface area (Å²) < 4.78 is 38.5. The molecule has 0 aliphatic heterocycles. The van der Waals surface area contributed by atoms with Gasteiger partial charge in [-0.2, -0.15) is 13.2 Å². The van der Waals surface area contributed by atoms with E-state index in [0.717, 1.165) is 6.07 Å². The van der Waals surface area contributed by atoms with Crippen molar-refractivity contribution in [2.24, 2.45) is 5.73 Å². The van der Waals surface area contributed by atoms with Crippen molar-refractivity contribution in [3.63, 3.8) is 0 Å². The molecule has 2 rings (SSSR count). The minimum Gasteiger partial charge on any atom is -0.350 e. The van der Waals surface area contributed by atoms with Crippen LogP contribution >= 0.6 is 0 Å². The number of nitrogens with two attached hydrogens (primary N) is 1. The first-order valence-electron chi connectivity index (χ1n) is 6.39. The molecule has 3 nitrogen and oxygen atoms in total. The van der Waals surface area contributed by atoms with Crippen LogP contribution in [0.15, 0.2) is 48.6 Å². The Hall–Kier alpha value is -2.08. The van der Waals surface area contributed by atoms with Gasteiger partial charge in [-0.3, -0.25) is 4.79 Å². The largest absolute Gasteiger partial charge is 0.416 e. The van der Waals surface area contributed by atoms with Gasteiger partial charge in [0.25, 0.3) is 0 Å². The van der Waals surface area contributed by atoms with Gasteiger partial charge < -0.3 is 11.1 Å². The van der Waals surface area contributed by atoms with Crippen molar-refractivity contribution in [3.05, 3.63) is 59.7 Å². The Kier molecular flexibility index (Phi) is 4.18. The van der Waals surface area contributed by atoms with Crippen molar-refractivity contribution in [3.8, 4) is 0 Å². The van der Waals surface area contributed by atoms with E-state index in [4.69, 9.17) is 5.73 Å². The molecule has 0 bridgehead atoms. The molecule has 1 unspecified atom stereocenters. The summed E-state index contributed by atoms with van der Waals surface area (Å²) in [6, 6.07) is 5.14. The highest BCUT2D eigenvalue weighted by atomic mass is 19.4. The summed E-state index contributed by atoms with van der Waals surface area (Å²) in [5.74, 6) is -0.500. The maximum absolute atomic E-state index is 12.8. The predicted molar refractivity (Wildman–Crippen MR) is 73.1 cm³/mol. The number of amides is 1. The number of hydrogen-bond donors (Lipinski definition) is 2. The van der Waals surface area contributed by atoms with E-state index in [-0.39, 0.29) is 12.1 Å². The third-order valence-electron chi connectivity index (χ3n) is 3.28. The van der Waals surface area contributed by atoms with Crippen LogP contribution in [0.2, 0.25) is 0 Å². The van der Waals surface area contributed by atoms with Gasteiger partial charge in [-0.15, -0.1) is 0 Å². The first-order valence-corrected chi connectivity index (χ1v) is 6.39. The molecule has 1 aromatic rings. The first-order chi connectivity index (χ1) is 9.83. The lowest BCUT2D eigenvalue weighted by molar-refractivity contribution is -0.138. The molecule has 0 saturated heterocycles. The summed E-state index contributed by atoms with van der Waals surface area (Å²) in [7, 11) is 0. The van der Waals surface area contributed by atoms with E-state index in [0.29, 0.717) is 6.42 Å². The summed E-state index contributed by atoms with van der Waals surface area (Å²) >= 11 is 0. The number of benzene rings is 1. The summed E-state index contributed by atoms with van der Waals surface area (Å²) in [4.78, 5) is 12.1. The fourth-order valence-electron chi connectivity index (χ4n) is 2.10. The molecule has 21 heavy (non-hydrogen) atoms. The zero-order valence-corrected chi connectivity index (χ0v) is 11.2. The monoisotopic (exact) mass is 296 g/mol. The lowest BCUT2D eigenvalue weighted by Crippen LogP contribution is -2.52. The van der Waals surface area contributed by atoms with Gasteiger partial charge in [-0.25, -0.2) is 0 Å². The van der Waals surface area contributed by atoms with Gasteiger partial charge in [0.05, 0.1) is 5.56 Å². The zero-order chi connectivity index (χ0) is 15.5. The Bertz CT molecular complexity index is 593. The van der Waals surface area contributed by atoms with Gasteiger partial charge in [-0.1, -0.05) is 42.5 Å². The van der Waals surface area contributed by atoms with Crippen molar-refractivity contribution in [2.45, 2.75) is 24.7 Å². The summed E-state index contributed by atoms with van der Waals surface area (Å²) in [5.41, 5.74) is 3.97. The highest BCUT2D eigenvalue weighted by Gasteiger charge is 2.34. The average Bonchev–Trinajstić information content (AvgIpc) is 2.45. The second kappa shape index (κ2) is 5.73. The number of halogens is 3. The summed E-state index contributed by atoms with van der Waals surface area (Å²) in [5, 5.41) is 2.47. The van der Waals surface area contributed by atoms with Crippen LogP contribution in [0.25, 0.3) is 0 Å². The number of alkyl halides is 3. The van der Waals surface area contributed by atoms with E-state index in [9.17, 15) is 18.0 Å². The molecule has 6 heteroatoms. The molecule has 1 aromatic carbocycles. The molecule has 112 valence electrons. The van der Waals surface area contributed by atoms with Crippen LogP contribution in [0.4, 0.5) is 13.2 Å². The van der Waals surface area contributed by atoms with Gasteiger partial charge in [0, 0.05) is 6.54 Å². The van der Waals surface area contributed by atoms with E-state index >= 15 is 0 Å². The number of nitrogens with one attached hydrogen (secondary N) is 1. The molecule has 0 radical (unpaired) electrons. The Morgan fingerprint density at radius 2 is 2.00 bits per heavy atom. The van der Waals surface area contributed by atoms with Crippen LogP contribution in [0.3, 0.4) is 0 Å². The molecular formula is C15H15F3N2O. The van der Waals surface area contributed by atoms with Crippen LogP contribution in [-0.2, 0) is 17.5 Å². The number of allylic oxidation sites excluding steroid dienone is 2. The fraction of sp³-hybridized carbons (Fsp3) is 0.267. The molecule has 0 aromatic heterocycles. The standard InChI is InChI=1S/C15H15F3N2O/c16-15(17,18)12-7-3-2-6-11(12)10-20-13(21)14(19)8-4-1-5-9-14/h1-8H,9-10,19H2,(H,20,21). The van der Waals surface area contributed by atoms with Gasteiger partial charge in [0.1, 0.15) is 5.54 Å². The fourth-order valence-corrected chi connectivity index (χ4v) is 2.10. The van der Waals surface area contributed by atoms with Crippen LogP contribution in [0, 0.1) is 0 Å². The summed E-state index contributed by atoms with van der Waals surface area (Å²) in [6.07, 6.45) is 2.55. The average molecular weight is 296 g/mol. The van der Waals surface area contributed by atoms with Crippen LogP contribution < -0.4 is 11.1 Å². The predicted octanol–water partition coefficient (Wildman–Crippen LogP) is 2.54. The summed E-state index contributed by atoms with van der Waals surface area (Å²) in [6.45, 7) is -0.217. The molecule has 1 atom stereocenters. The van der Waals surface area contributed by atoms with Gasteiger partial charge in [0.2, 0.25) is 5.91 Å². The Morgan fingerprint density at radius 3 is 2.62 bits per heavy atom. The van der Waals surface area contributed by atoms with E-state index in [1.165, 1.54) is 24.3 Å². The minimum atomic E-state index is -4.45. The van der Waals surface area contributed by atoms with Crippen LogP contribution in [0.5, 0.6) is 0 Å². The number of carbonyl (C=O) groups excluding carboxylic acids is 1. The zero-order valence-electron chi connectivity index (χ0n) is 11.2. The lowest BCUT2D eigenvalue weighted by Gasteiger charge is -2.25. The normalized spacial score (nSPS) is 21.3. The highest BCUT2D eigenvalue weighted by Crippen LogP contribution is 2.31. The van der Waals surface area contributed by atoms with Crippen molar-refractivity contribution in [2.75, 3.05) is 0 Å². The quantitative estimate of drug-likeness (QED) is 0.900. The second-order valence-corrected chi connectivity index (χ2v) is 4.87. The molecule has 0 heterocycles. The van der Waals surface area contributed by atoms with E-state index in [2.05, 4.69) is 5.32 Å². The van der Waals surface area contributed by atoms with Gasteiger partial charge in [-0.05, 0) is 18.1 Å². The maximum Gasteiger partial charge on any atom is 0.416 e. The third-order valence-corrected chi connectivity index (χ3v) is 3.28. The van der Waals surface area contributed by atoms with Gasteiger partial charge >= 0.3 is 6.18 Å². The molecule has 0 fully saturated rings. The highest BCUT2D eigenvalue weighted by molar-refractivity contribution is 5.88. The number of rotatable bonds is 3. The minimum absolute atomic E-state index is 0.0114. The number of carbonyl (C=O) groups is 1. The Balaban J connectivity index is 2.09. The smallest absolute Gasteiger partial charge is 0.350 e. The molecule has 3 N–H and O–H groups in total. The molecule has 1 aliphatic rings. The topological polar surface area (TPSA) is 55.1 Å². The SMILES string of the molecule is NC1(C(=O)NCc2ccccc2C(F)(F)F)C=CC=CC1. The van der Waals surface area contributed by atoms with Gasteiger partial charge in [0.15, 0.2) is 0 Å². The lowest BCUT2D eigenvalue weighted by atomic mass is 9.91. The second-order valence-electron chi connectivity index (χ2n) is 4.87. The molecular weight excluding hydrogens is 281 g/mol. The molecule has 0 saturated carbocycles. The van der Waals surface area contributed by atoms with Crippen LogP contribution in [-0.4, -0.2) is 11.4 Å². The Labute approximate surface area is 120 Å². The number of hydrogen-bond acceptors (Lipinski definition) is 2. The van der Waals surface area contributed by atoms with E-state index < -0.39 is 23.2 Å². The van der Waals surface area contributed by atoms with E-state index in [1.54, 1.807) is 18.2 Å². The Morgan fingerprint density at radius 1 is 1.29 bits per heavy atom. The molecule has 0 spiro atoms. The van der Waals surface area contributed by atoms with Crippen molar-refractivity contribution in [1.82, 2.24) is 5.32 Å². The first kappa shape index (κ1) is 15.3. The van der Waals surface area contributed by atoms with E-state index in [1.807, 2.05) is 0 Å². The maximum atomic E-state index is 12.8. The molecule has 1 aliphatic carbocycles. The third kappa shape index (κ3) is 3.52. The van der Waals surface area contributed by atoms with Crippen molar-refractivity contribution < 1.29 is 18.0 Å².